The van der Waals surface area contributed by atoms with Gasteiger partial charge in [-0.1, -0.05) is 36.4 Å². The molecule has 36 heavy (non-hydrogen) atoms. The molecule has 2 aromatic rings. The monoisotopic (exact) mass is 501 g/mol. The number of nitrogens with one attached hydrogen (secondary N) is 2. The zero-order valence-corrected chi connectivity index (χ0v) is 19.4. The average Bonchev–Trinajstić information content (AvgIpc) is 3.54. The summed E-state index contributed by atoms with van der Waals surface area (Å²) in [4.78, 5) is 40.0. The second kappa shape index (κ2) is 9.24. The van der Waals surface area contributed by atoms with Crippen molar-refractivity contribution in [1.29, 1.82) is 0 Å². The van der Waals surface area contributed by atoms with E-state index >= 15 is 0 Å². The van der Waals surface area contributed by atoms with Crippen LogP contribution in [0.1, 0.15) is 41.5 Å². The van der Waals surface area contributed by atoms with Crippen LogP contribution >= 0.6 is 0 Å². The highest BCUT2D eigenvalue weighted by Crippen LogP contribution is 2.45. The Morgan fingerprint density at radius 2 is 1.81 bits per heavy atom. The van der Waals surface area contributed by atoms with Crippen molar-refractivity contribution in [3.63, 3.8) is 0 Å². The molecule has 2 fully saturated rings. The van der Waals surface area contributed by atoms with E-state index in [1.807, 2.05) is 30.3 Å². The van der Waals surface area contributed by atoms with Gasteiger partial charge in [0, 0.05) is 13.1 Å². The molecular formula is C26H26F3N3O4. The third-order valence-corrected chi connectivity index (χ3v) is 7.16. The second-order valence-corrected chi connectivity index (χ2v) is 9.73. The van der Waals surface area contributed by atoms with Crippen molar-refractivity contribution in [2.45, 2.75) is 50.7 Å². The molecule has 2 aromatic carbocycles. The van der Waals surface area contributed by atoms with Gasteiger partial charge in [0.1, 0.15) is 5.54 Å². The number of halogens is 3. The third kappa shape index (κ3) is 4.82. The molecule has 1 unspecified atom stereocenters. The zero-order chi connectivity index (χ0) is 25.5. The van der Waals surface area contributed by atoms with Crippen LogP contribution in [0.25, 0.3) is 0 Å². The zero-order valence-electron chi connectivity index (χ0n) is 19.4. The van der Waals surface area contributed by atoms with Gasteiger partial charge in [-0.05, 0) is 54.0 Å². The molecule has 1 saturated carbocycles. The number of urea groups is 1. The largest absolute Gasteiger partial charge is 0.416 e. The van der Waals surface area contributed by atoms with E-state index in [9.17, 15) is 27.6 Å². The number of amides is 4. The van der Waals surface area contributed by atoms with Gasteiger partial charge in [0.2, 0.25) is 5.91 Å². The van der Waals surface area contributed by atoms with Crippen LogP contribution in [0.3, 0.4) is 0 Å². The van der Waals surface area contributed by atoms with Crippen LogP contribution < -0.4 is 10.6 Å². The molecule has 2 heterocycles. The number of ether oxygens (including phenoxy) is 1. The van der Waals surface area contributed by atoms with E-state index in [1.165, 1.54) is 11.0 Å². The molecule has 10 heteroatoms. The van der Waals surface area contributed by atoms with Crippen LogP contribution in [0.15, 0.2) is 48.5 Å². The average molecular weight is 502 g/mol. The van der Waals surface area contributed by atoms with Crippen molar-refractivity contribution < 1.29 is 32.3 Å². The summed E-state index contributed by atoms with van der Waals surface area (Å²) in [6.45, 7) is 0.486. The van der Waals surface area contributed by atoms with Gasteiger partial charge in [0.05, 0.1) is 24.7 Å². The van der Waals surface area contributed by atoms with Gasteiger partial charge in [-0.15, -0.1) is 0 Å². The number of fused-ring (bicyclic) bond motifs is 1. The summed E-state index contributed by atoms with van der Waals surface area (Å²) < 4.78 is 45.4. The molecule has 3 aliphatic rings. The summed E-state index contributed by atoms with van der Waals surface area (Å²) in [6, 6.07) is 12.3. The molecule has 0 spiro atoms. The Bertz CT molecular complexity index is 1180. The Morgan fingerprint density at radius 3 is 2.44 bits per heavy atom. The number of nitrogens with zero attached hydrogens (tertiary/aromatic N) is 1. The summed E-state index contributed by atoms with van der Waals surface area (Å²) in [5.41, 5.74) is 0.0796. The Labute approximate surface area is 206 Å². The molecule has 1 saturated heterocycles. The number of hydrogen-bond acceptors (Lipinski definition) is 4. The summed E-state index contributed by atoms with van der Waals surface area (Å²) >= 11 is 0. The minimum Gasteiger partial charge on any atom is -0.376 e. The Balaban J connectivity index is 1.35. The maximum absolute atomic E-state index is 13.7. The molecule has 2 aliphatic heterocycles. The first-order chi connectivity index (χ1) is 17.2. The number of rotatable bonds is 8. The SMILES string of the molecule is O=C1NC(=O)[C@](CC(COCc2ccccc2)C(=O)N2Cc3ccc(C(F)(F)F)cc3C2)(C2CC2)N1. The first-order valence-corrected chi connectivity index (χ1v) is 11.9. The van der Waals surface area contributed by atoms with E-state index in [-0.39, 0.29) is 44.5 Å². The minimum atomic E-state index is -4.47. The normalized spacial score (nSPS) is 22.2. The lowest BCUT2D eigenvalue weighted by Crippen LogP contribution is -2.52. The number of carbonyl (C=O) groups excluding carboxylic acids is 3. The number of hydrogen-bond donors (Lipinski definition) is 2. The molecule has 0 radical (unpaired) electrons. The van der Waals surface area contributed by atoms with E-state index < -0.39 is 35.1 Å². The molecular weight excluding hydrogens is 475 g/mol. The molecule has 7 nitrogen and oxygen atoms in total. The van der Waals surface area contributed by atoms with Crippen molar-refractivity contribution in [2.75, 3.05) is 6.61 Å². The van der Waals surface area contributed by atoms with Crippen molar-refractivity contribution in [3.05, 3.63) is 70.8 Å². The van der Waals surface area contributed by atoms with Gasteiger partial charge in [-0.25, -0.2) is 4.79 Å². The van der Waals surface area contributed by atoms with Crippen LogP contribution in [0.4, 0.5) is 18.0 Å². The van der Waals surface area contributed by atoms with Gasteiger partial charge in [0.15, 0.2) is 0 Å². The first kappa shape index (κ1) is 24.3. The molecule has 2 atom stereocenters. The van der Waals surface area contributed by atoms with Crippen LogP contribution in [0.5, 0.6) is 0 Å². The highest BCUT2D eigenvalue weighted by Gasteiger charge is 2.57. The summed E-state index contributed by atoms with van der Waals surface area (Å²) in [5, 5.41) is 5.05. The molecule has 5 rings (SSSR count). The van der Waals surface area contributed by atoms with Crippen LogP contribution in [0.2, 0.25) is 0 Å². The van der Waals surface area contributed by atoms with E-state index in [4.69, 9.17) is 4.74 Å². The van der Waals surface area contributed by atoms with Crippen molar-refractivity contribution in [2.24, 2.45) is 11.8 Å². The molecule has 2 N–H and O–H groups in total. The van der Waals surface area contributed by atoms with Gasteiger partial charge in [-0.2, -0.15) is 13.2 Å². The quantitative estimate of drug-likeness (QED) is 0.540. The standard InChI is InChI=1S/C26H26F3N3O4/c27-26(28,29)21-7-6-17-12-32(13-18(17)10-21)22(33)19(15-36-14-16-4-2-1-3-5-16)11-25(20-8-9-20)23(34)30-24(35)31-25/h1-7,10,19-20H,8-9,11-15H2,(H2,30,31,34,35)/t19?,25-/m0/s1. The van der Waals surface area contributed by atoms with E-state index in [1.54, 1.807) is 0 Å². The van der Waals surface area contributed by atoms with Crippen molar-refractivity contribution in [1.82, 2.24) is 15.5 Å². The van der Waals surface area contributed by atoms with Gasteiger partial charge < -0.3 is 15.0 Å². The number of alkyl halides is 3. The summed E-state index contributed by atoms with van der Waals surface area (Å²) in [6.07, 6.45) is -2.89. The molecule has 190 valence electrons. The second-order valence-electron chi connectivity index (χ2n) is 9.73. The van der Waals surface area contributed by atoms with Gasteiger partial charge in [0.25, 0.3) is 5.91 Å². The number of imide groups is 1. The smallest absolute Gasteiger partial charge is 0.376 e. The Kier molecular flexibility index (Phi) is 6.23. The molecule has 0 bridgehead atoms. The topological polar surface area (TPSA) is 87.7 Å². The highest BCUT2D eigenvalue weighted by molar-refractivity contribution is 6.07. The maximum Gasteiger partial charge on any atom is 0.416 e. The van der Waals surface area contributed by atoms with Gasteiger partial charge >= 0.3 is 12.2 Å². The lowest BCUT2D eigenvalue weighted by Gasteiger charge is -2.32. The van der Waals surface area contributed by atoms with E-state index in [2.05, 4.69) is 10.6 Å². The highest BCUT2D eigenvalue weighted by atomic mass is 19.4. The molecule has 0 aromatic heterocycles. The fourth-order valence-corrected chi connectivity index (χ4v) is 5.16. The lowest BCUT2D eigenvalue weighted by molar-refractivity contribution is -0.140. The Hall–Kier alpha value is -3.40. The predicted molar refractivity (Wildman–Crippen MR) is 122 cm³/mol. The fourth-order valence-electron chi connectivity index (χ4n) is 5.16. The lowest BCUT2D eigenvalue weighted by atomic mass is 9.82. The molecule has 4 amide bonds. The minimum absolute atomic E-state index is 0.00595. The number of carbonyl (C=O) groups is 3. The van der Waals surface area contributed by atoms with Crippen LogP contribution in [-0.2, 0) is 40.2 Å². The summed E-state index contributed by atoms with van der Waals surface area (Å²) in [7, 11) is 0. The van der Waals surface area contributed by atoms with Gasteiger partial charge in [-0.3, -0.25) is 14.9 Å². The maximum atomic E-state index is 13.7. The van der Waals surface area contributed by atoms with E-state index in [0.717, 1.165) is 30.5 Å². The Morgan fingerprint density at radius 1 is 1.08 bits per heavy atom. The first-order valence-electron chi connectivity index (χ1n) is 11.9. The third-order valence-electron chi connectivity index (χ3n) is 7.16. The van der Waals surface area contributed by atoms with Crippen LogP contribution in [0, 0.1) is 11.8 Å². The van der Waals surface area contributed by atoms with Crippen molar-refractivity contribution in [3.8, 4) is 0 Å². The van der Waals surface area contributed by atoms with Crippen molar-refractivity contribution >= 4 is 17.8 Å². The molecule has 1 aliphatic carbocycles. The number of benzene rings is 2. The fraction of sp³-hybridized carbons (Fsp3) is 0.423. The van der Waals surface area contributed by atoms with Crippen LogP contribution in [-0.4, -0.2) is 34.9 Å². The van der Waals surface area contributed by atoms with E-state index in [0.29, 0.717) is 11.1 Å². The predicted octanol–water partition coefficient (Wildman–Crippen LogP) is 3.76. The summed E-state index contributed by atoms with van der Waals surface area (Å²) in [5.74, 6) is -1.61.